The lowest BCUT2D eigenvalue weighted by Gasteiger charge is -2.40. The van der Waals surface area contributed by atoms with Gasteiger partial charge in [-0.25, -0.2) is 0 Å². The van der Waals surface area contributed by atoms with Crippen molar-refractivity contribution in [2.75, 3.05) is 0 Å². The van der Waals surface area contributed by atoms with Crippen molar-refractivity contribution in [3.63, 3.8) is 0 Å². The van der Waals surface area contributed by atoms with Crippen LogP contribution in [0.4, 0.5) is 0 Å². The summed E-state index contributed by atoms with van der Waals surface area (Å²) >= 11 is 0. The molecule has 240 valence electrons. The maximum absolute atomic E-state index is 13.6. The third kappa shape index (κ3) is 3.44. The molecule has 0 saturated carbocycles. The van der Waals surface area contributed by atoms with Crippen molar-refractivity contribution in [2.24, 2.45) is 0 Å². The summed E-state index contributed by atoms with van der Waals surface area (Å²) < 4.78 is 13.5. The quantitative estimate of drug-likeness (QED) is 0.196. The molecule has 0 spiro atoms. The Kier molecular flexibility index (Phi) is 5.62. The van der Waals surface area contributed by atoms with E-state index in [0.29, 0.717) is 0 Å². The van der Waals surface area contributed by atoms with E-state index in [2.05, 4.69) is 97.1 Å². The van der Waals surface area contributed by atoms with Gasteiger partial charge in [-0.2, -0.15) is 0 Å². The number of aliphatic hydroxyl groups is 2. The highest BCUT2D eigenvalue weighted by molar-refractivity contribution is 6.12. The van der Waals surface area contributed by atoms with Gasteiger partial charge >= 0.3 is 0 Å². The van der Waals surface area contributed by atoms with Crippen LogP contribution in [-0.2, 0) is 20.7 Å². The van der Waals surface area contributed by atoms with Gasteiger partial charge in [0.05, 0.1) is 0 Å². The van der Waals surface area contributed by atoms with Gasteiger partial charge < -0.3 is 19.7 Å². The molecule has 0 aromatic heterocycles. The number of hydrogen-bond acceptors (Lipinski definition) is 4. The molecule has 11 rings (SSSR count). The minimum Gasteiger partial charge on any atom is -0.377 e. The van der Waals surface area contributed by atoms with Gasteiger partial charge in [-0.3, -0.25) is 0 Å². The van der Waals surface area contributed by atoms with Crippen LogP contribution in [0.25, 0.3) is 65.3 Å². The van der Waals surface area contributed by atoms with E-state index in [-0.39, 0.29) is 0 Å². The minimum absolute atomic E-state index is 0.681. The minimum atomic E-state index is -1.64. The Hall–Kier alpha value is -5.36. The third-order valence-electron chi connectivity index (χ3n) is 11.6. The van der Waals surface area contributed by atoms with E-state index in [9.17, 15) is 10.2 Å². The zero-order valence-electron chi connectivity index (χ0n) is 27.3. The van der Waals surface area contributed by atoms with Crippen LogP contribution >= 0.6 is 0 Å². The second kappa shape index (κ2) is 9.87. The molecular weight excluding hydrogens is 617 g/mol. The maximum Gasteiger partial charge on any atom is 0.156 e. The van der Waals surface area contributed by atoms with Crippen LogP contribution in [0.3, 0.4) is 0 Å². The monoisotopic (exact) mass is 648 g/mol. The lowest BCUT2D eigenvalue weighted by Crippen LogP contribution is -2.53. The zero-order valence-corrected chi connectivity index (χ0v) is 27.3. The molecule has 0 radical (unpaired) electrons. The summed E-state index contributed by atoms with van der Waals surface area (Å²) in [7, 11) is 0. The fourth-order valence-corrected chi connectivity index (χ4v) is 9.56. The second-order valence-electron chi connectivity index (χ2n) is 14.1. The molecule has 3 aliphatic rings. The first-order valence-corrected chi connectivity index (χ1v) is 17.3. The summed E-state index contributed by atoms with van der Waals surface area (Å²) in [6.45, 7) is 1.86. The fraction of sp³-hybridized carbons (Fsp3) is 0.130. The Morgan fingerprint density at radius 1 is 0.380 bits per heavy atom. The molecule has 50 heavy (non-hydrogen) atoms. The lowest BCUT2D eigenvalue weighted by molar-refractivity contribution is -0.107. The Bertz CT molecular complexity index is 2390. The maximum atomic E-state index is 13.6. The molecule has 8 aromatic carbocycles. The highest BCUT2D eigenvalue weighted by atomic mass is 16.7. The van der Waals surface area contributed by atoms with Crippen molar-refractivity contribution in [3.8, 4) is 22.3 Å². The van der Waals surface area contributed by atoms with Crippen LogP contribution in [-0.4, -0.2) is 28.7 Å². The third-order valence-corrected chi connectivity index (χ3v) is 11.6. The van der Waals surface area contributed by atoms with Crippen molar-refractivity contribution in [1.82, 2.24) is 0 Å². The summed E-state index contributed by atoms with van der Waals surface area (Å²) in [5.41, 5.74) is 3.74. The fourth-order valence-electron chi connectivity index (χ4n) is 9.56. The van der Waals surface area contributed by atoms with Crippen LogP contribution in [0, 0.1) is 0 Å². The van der Waals surface area contributed by atoms with Crippen molar-refractivity contribution in [3.05, 3.63) is 168 Å². The number of ether oxygens (including phenoxy) is 2. The van der Waals surface area contributed by atoms with Crippen LogP contribution < -0.4 is 0 Å². The molecule has 4 nitrogen and oxygen atoms in total. The molecule has 1 heterocycles. The molecule has 2 N–H and O–H groups in total. The smallest absolute Gasteiger partial charge is 0.156 e. The molecule has 2 atom stereocenters. The summed E-state index contributed by atoms with van der Waals surface area (Å²) in [4.78, 5) is 0. The molecule has 4 heteroatoms. The van der Waals surface area contributed by atoms with E-state index >= 15 is 0 Å². The second-order valence-corrected chi connectivity index (χ2v) is 14.1. The van der Waals surface area contributed by atoms with E-state index in [1.807, 2.05) is 55.5 Å². The first-order valence-electron chi connectivity index (χ1n) is 17.3. The van der Waals surface area contributed by atoms with Gasteiger partial charge in [0.1, 0.15) is 23.4 Å². The molecule has 0 unspecified atom stereocenters. The van der Waals surface area contributed by atoms with Gasteiger partial charge in [-0.1, -0.05) is 146 Å². The Labute approximate surface area is 288 Å². The molecular formula is C46H32O4. The highest BCUT2D eigenvalue weighted by Crippen LogP contribution is 2.61. The van der Waals surface area contributed by atoms with Crippen molar-refractivity contribution in [1.29, 1.82) is 0 Å². The van der Waals surface area contributed by atoms with Gasteiger partial charge in [-0.05, 0) is 94.5 Å². The standard InChI is InChI=1S/C46H32O4/c1-26-49-43(45(47)35-22-18-27-10-2-6-14-31(27)39(35)40-32-15-7-3-11-28(32)19-23-36(40)45)44(50-26)46(48)37-24-20-29-12-4-8-16-33(29)41(37)42-34-17-9-5-13-30(34)21-25-38(42)46/h2-26,43-44,47-48H,1H3/t43-,44-/m1/s1. The largest absolute Gasteiger partial charge is 0.377 e. The van der Waals surface area contributed by atoms with Gasteiger partial charge in [0.2, 0.25) is 0 Å². The Morgan fingerprint density at radius 2 is 0.640 bits per heavy atom. The summed E-state index contributed by atoms with van der Waals surface area (Å²) in [6, 6.07) is 49.8. The first kappa shape index (κ1) is 28.5. The van der Waals surface area contributed by atoms with Gasteiger partial charge in [0, 0.05) is 0 Å². The Balaban J connectivity index is 1.22. The first-order chi connectivity index (χ1) is 24.5. The molecule has 1 aliphatic heterocycles. The van der Waals surface area contributed by atoms with Gasteiger partial charge in [0.15, 0.2) is 6.29 Å². The van der Waals surface area contributed by atoms with Crippen molar-refractivity contribution in [2.45, 2.75) is 36.6 Å². The topological polar surface area (TPSA) is 58.9 Å². The Morgan fingerprint density at radius 3 is 0.920 bits per heavy atom. The molecule has 1 saturated heterocycles. The average molecular weight is 649 g/mol. The highest BCUT2D eigenvalue weighted by Gasteiger charge is 2.63. The molecule has 2 aliphatic carbocycles. The van der Waals surface area contributed by atoms with Crippen LogP contribution in [0.15, 0.2) is 146 Å². The number of hydrogen-bond donors (Lipinski definition) is 2. The predicted molar refractivity (Wildman–Crippen MR) is 199 cm³/mol. The summed E-state index contributed by atoms with van der Waals surface area (Å²) in [6.07, 6.45) is -2.59. The zero-order chi connectivity index (χ0) is 33.4. The van der Waals surface area contributed by atoms with Crippen LogP contribution in [0.2, 0.25) is 0 Å². The van der Waals surface area contributed by atoms with Crippen LogP contribution in [0.5, 0.6) is 0 Å². The van der Waals surface area contributed by atoms with Crippen molar-refractivity contribution >= 4 is 43.1 Å². The van der Waals surface area contributed by atoms with E-state index in [0.717, 1.165) is 87.6 Å². The molecule has 0 bridgehead atoms. The number of fused-ring (bicyclic) bond motifs is 14. The number of benzene rings is 8. The molecule has 8 aromatic rings. The van der Waals surface area contributed by atoms with Crippen LogP contribution in [0.1, 0.15) is 29.2 Å². The SMILES string of the molecule is CC1O[C@@H](C2(O)c3ccc4ccccc4c3-c3c2ccc2ccccc32)[C@H](C2(O)c3ccc4ccccc4c3-c3c2ccc2ccccc32)O1. The number of rotatable bonds is 2. The van der Waals surface area contributed by atoms with Gasteiger partial charge in [-0.15, -0.1) is 0 Å². The van der Waals surface area contributed by atoms with E-state index in [4.69, 9.17) is 9.47 Å². The molecule has 1 fully saturated rings. The van der Waals surface area contributed by atoms with E-state index in [1.54, 1.807) is 0 Å². The normalized spacial score (nSPS) is 20.0. The van der Waals surface area contributed by atoms with E-state index < -0.39 is 29.7 Å². The summed E-state index contributed by atoms with van der Waals surface area (Å²) in [5, 5.41) is 35.8. The van der Waals surface area contributed by atoms with Gasteiger partial charge in [0.25, 0.3) is 0 Å². The lowest BCUT2D eigenvalue weighted by atomic mass is 9.74. The molecule has 0 amide bonds. The average Bonchev–Trinajstić information content (AvgIpc) is 3.79. The van der Waals surface area contributed by atoms with E-state index in [1.165, 1.54) is 0 Å². The predicted octanol–water partition coefficient (Wildman–Crippen LogP) is 9.56. The summed E-state index contributed by atoms with van der Waals surface area (Å²) in [5.74, 6) is 0. The van der Waals surface area contributed by atoms with Crippen molar-refractivity contribution < 1.29 is 19.7 Å².